The van der Waals surface area contributed by atoms with Crippen LogP contribution in [0.1, 0.15) is 54.0 Å². The van der Waals surface area contributed by atoms with Gasteiger partial charge in [0, 0.05) is 31.0 Å². The number of aliphatic hydroxyl groups excluding tert-OH is 2. The molecule has 6 heteroatoms. The van der Waals surface area contributed by atoms with E-state index in [1.54, 1.807) is 7.11 Å². The molecule has 0 fully saturated rings. The number of benzene rings is 3. The molecule has 0 saturated carbocycles. The number of aliphatic hydroxyl groups is 2. The van der Waals surface area contributed by atoms with Crippen LogP contribution in [0.5, 0.6) is 5.75 Å². The fourth-order valence-electron chi connectivity index (χ4n) is 6.02. The maximum Gasteiger partial charge on any atom is 0.261 e. The molecule has 0 bridgehead atoms. The molecule has 0 radical (unpaired) electrons. The molecule has 0 aromatic heterocycles. The van der Waals surface area contributed by atoms with E-state index < -0.39 is 14.4 Å². The Morgan fingerprint density at radius 1 is 0.837 bits per heavy atom. The van der Waals surface area contributed by atoms with E-state index in [2.05, 4.69) is 89.2 Å². The van der Waals surface area contributed by atoms with E-state index in [9.17, 15) is 10.2 Å². The van der Waals surface area contributed by atoms with Crippen LogP contribution in [0, 0.1) is 17.8 Å². The Labute approximate surface area is 260 Å². The van der Waals surface area contributed by atoms with Gasteiger partial charge in [0.05, 0.1) is 25.9 Å². The van der Waals surface area contributed by atoms with Crippen molar-refractivity contribution in [2.45, 2.75) is 72.3 Å². The summed E-state index contributed by atoms with van der Waals surface area (Å²) in [6.45, 7) is 15.8. The van der Waals surface area contributed by atoms with Crippen LogP contribution in [0.25, 0.3) is 0 Å². The highest BCUT2D eigenvalue weighted by Crippen LogP contribution is 2.37. The molecule has 0 amide bonds. The Balaban J connectivity index is 1.78. The van der Waals surface area contributed by atoms with Gasteiger partial charge >= 0.3 is 0 Å². The predicted molar refractivity (Wildman–Crippen MR) is 179 cm³/mol. The van der Waals surface area contributed by atoms with Gasteiger partial charge in [0.25, 0.3) is 8.32 Å². The van der Waals surface area contributed by atoms with Crippen molar-refractivity contribution >= 4 is 18.7 Å². The van der Waals surface area contributed by atoms with Gasteiger partial charge in [0.15, 0.2) is 0 Å². The van der Waals surface area contributed by atoms with Gasteiger partial charge in [0.2, 0.25) is 0 Å². The molecule has 3 rings (SSSR count). The molecule has 0 saturated heterocycles. The third-order valence-electron chi connectivity index (χ3n) is 8.48. The van der Waals surface area contributed by atoms with Gasteiger partial charge in [-0.1, -0.05) is 120 Å². The average Bonchev–Trinajstić information content (AvgIpc) is 3.01. The standard InChI is InChI=1S/C37H52O5Si/c1-27(23-28(2)36(29(3)24-38)41-26-31-19-21-32(40-8)22-20-31)35(39)30(4)25-42-43(37(5,6)7,33-15-11-9-12-16-33)34-17-13-10-14-18-34/h9-23,28-30,35-36,38-39H,24-26H2,1-8H3/b27-23+/t28-,29-,30+,35?,36-/m1/s1. The third kappa shape index (κ3) is 8.67. The minimum atomic E-state index is -2.70. The van der Waals surface area contributed by atoms with Crippen molar-refractivity contribution in [2.75, 3.05) is 20.3 Å². The molecule has 5 nitrogen and oxygen atoms in total. The lowest BCUT2D eigenvalue weighted by Gasteiger charge is -2.43. The summed E-state index contributed by atoms with van der Waals surface area (Å²) in [5.41, 5.74) is 1.92. The van der Waals surface area contributed by atoms with Crippen molar-refractivity contribution in [3.63, 3.8) is 0 Å². The summed E-state index contributed by atoms with van der Waals surface area (Å²) in [4.78, 5) is 0. The third-order valence-corrected chi connectivity index (χ3v) is 13.5. The van der Waals surface area contributed by atoms with Crippen LogP contribution in [-0.2, 0) is 15.8 Å². The lowest BCUT2D eigenvalue weighted by Crippen LogP contribution is -2.67. The van der Waals surface area contributed by atoms with Crippen molar-refractivity contribution < 1.29 is 24.1 Å². The first-order valence-corrected chi connectivity index (χ1v) is 17.3. The first-order chi connectivity index (χ1) is 20.4. The lowest BCUT2D eigenvalue weighted by atomic mass is 9.89. The number of hydrogen-bond donors (Lipinski definition) is 2. The molecular weight excluding hydrogens is 552 g/mol. The highest BCUT2D eigenvalue weighted by molar-refractivity contribution is 6.99. The molecular formula is C37H52O5Si. The maximum absolute atomic E-state index is 11.5. The Morgan fingerprint density at radius 3 is 1.84 bits per heavy atom. The molecule has 1 unspecified atom stereocenters. The second-order valence-electron chi connectivity index (χ2n) is 12.9. The summed E-state index contributed by atoms with van der Waals surface area (Å²) in [6, 6.07) is 29.0. The fraction of sp³-hybridized carbons (Fsp3) is 0.459. The highest BCUT2D eigenvalue weighted by atomic mass is 28.4. The number of methoxy groups -OCH3 is 1. The monoisotopic (exact) mass is 604 g/mol. The van der Waals surface area contributed by atoms with Crippen molar-refractivity contribution in [3.05, 3.63) is 102 Å². The van der Waals surface area contributed by atoms with Crippen LogP contribution in [0.2, 0.25) is 5.04 Å². The number of ether oxygens (including phenoxy) is 2. The summed E-state index contributed by atoms with van der Waals surface area (Å²) >= 11 is 0. The Kier molecular flexibility index (Phi) is 12.8. The van der Waals surface area contributed by atoms with Crippen LogP contribution in [-0.4, -0.2) is 51.1 Å². The first-order valence-electron chi connectivity index (χ1n) is 15.4. The topological polar surface area (TPSA) is 68.2 Å². The zero-order valence-corrected chi connectivity index (χ0v) is 28.3. The number of hydrogen-bond acceptors (Lipinski definition) is 5. The second-order valence-corrected chi connectivity index (χ2v) is 17.3. The quantitative estimate of drug-likeness (QED) is 0.156. The molecule has 3 aromatic carbocycles. The average molecular weight is 605 g/mol. The number of rotatable bonds is 15. The van der Waals surface area contributed by atoms with E-state index in [-0.39, 0.29) is 35.5 Å². The molecule has 3 aromatic rings. The summed E-state index contributed by atoms with van der Waals surface area (Å²) in [5, 5.41) is 23.8. The molecule has 2 N–H and O–H groups in total. The van der Waals surface area contributed by atoms with Gasteiger partial charge in [-0.05, 0) is 45.6 Å². The fourth-order valence-corrected chi connectivity index (χ4v) is 10.7. The van der Waals surface area contributed by atoms with Crippen molar-refractivity contribution in [1.82, 2.24) is 0 Å². The van der Waals surface area contributed by atoms with Gasteiger partial charge in [-0.15, -0.1) is 0 Å². The zero-order valence-electron chi connectivity index (χ0n) is 27.3. The SMILES string of the molecule is COc1ccc(CO[C@H]([C@H](C)/C=C(\C)C(O)[C@@H](C)CO[Si](c2ccccc2)(c2ccccc2)C(C)(C)C)[C@H](C)CO)cc1. The summed E-state index contributed by atoms with van der Waals surface area (Å²) < 4.78 is 18.7. The molecule has 43 heavy (non-hydrogen) atoms. The van der Waals surface area contributed by atoms with E-state index in [1.807, 2.05) is 50.2 Å². The van der Waals surface area contributed by atoms with E-state index in [0.717, 1.165) is 16.9 Å². The highest BCUT2D eigenvalue weighted by Gasteiger charge is 2.50. The van der Waals surface area contributed by atoms with Crippen LogP contribution < -0.4 is 15.1 Å². The van der Waals surface area contributed by atoms with E-state index in [0.29, 0.717) is 13.2 Å². The molecule has 0 aliphatic carbocycles. The second kappa shape index (κ2) is 15.8. The van der Waals surface area contributed by atoms with E-state index in [4.69, 9.17) is 13.9 Å². The lowest BCUT2D eigenvalue weighted by molar-refractivity contribution is -0.0313. The smallest absolute Gasteiger partial charge is 0.261 e. The zero-order chi connectivity index (χ0) is 31.6. The van der Waals surface area contributed by atoms with Crippen LogP contribution in [0.15, 0.2) is 96.6 Å². The molecule has 0 spiro atoms. The van der Waals surface area contributed by atoms with Gasteiger partial charge in [0.1, 0.15) is 5.75 Å². The van der Waals surface area contributed by atoms with Gasteiger partial charge < -0.3 is 24.1 Å². The van der Waals surface area contributed by atoms with Crippen LogP contribution in [0.3, 0.4) is 0 Å². The minimum Gasteiger partial charge on any atom is -0.497 e. The molecule has 0 aliphatic heterocycles. The van der Waals surface area contributed by atoms with E-state index >= 15 is 0 Å². The molecule has 0 heterocycles. The molecule has 5 atom stereocenters. The van der Waals surface area contributed by atoms with Crippen molar-refractivity contribution in [3.8, 4) is 5.75 Å². The van der Waals surface area contributed by atoms with Crippen molar-refractivity contribution in [1.29, 1.82) is 0 Å². The minimum absolute atomic E-state index is 0.0140. The largest absolute Gasteiger partial charge is 0.497 e. The van der Waals surface area contributed by atoms with E-state index in [1.165, 1.54) is 10.4 Å². The van der Waals surface area contributed by atoms with Crippen LogP contribution >= 0.6 is 0 Å². The summed E-state index contributed by atoms with van der Waals surface area (Å²) in [7, 11) is -1.05. The van der Waals surface area contributed by atoms with Crippen LogP contribution in [0.4, 0.5) is 0 Å². The Morgan fingerprint density at radius 2 is 1.37 bits per heavy atom. The maximum atomic E-state index is 11.5. The van der Waals surface area contributed by atoms with Gasteiger partial charge in [-0.25, -0.2) is 0 Å². The van der Waals surface area contributed by atoms with Gasteiger partial charge in [-0.3, -0.25) is 0 Å². The summed E-state index contributed by atoms with van der Waals surface area (Å²) in [5.74, 6) is 0.599. The van der Waals surface area contributed by atoms with Gasteiger partial charge in [-0.2, -0.15) is 0 Å². The Hall–Kier alpha value is -2.74. The predicted octanol–water partition coefficient (Wildman–Crippen LogP) is 6.36. The summed E-state index contributed by atoms with van der Waals surface area (Å²) in [6.07, 6.45) is 1.21. The molecule has 0 aliphatic rings. The molecule has 234 valence electrons. The van der Waals surface area contributed by atoms with Crippen molar-refractivity contribution in [2.24, 2.45) is 17.8 Å². The Bertz CT molecular complexity index is 1210. The first kappa shape index (κ1) is 34.7. The normalized spacial score (nSPS) is 16.3.